The van der Waals surface area contributed by atoms with Gasteiger partial charge in [0.25, 0.3) is 5.91 Å². The predicted molar refractivity (Wildman–Crippen MR) is 127 cm³/mol. The molecule has 0 saturated carbocycles. The summed E-state index contributed by atoms with van der Waals surface area (Å²) in [5.41, 5.74) is 11.2. The van der Waals surface area contributed by atoms with Crippen molar-refractivity contribution in [3.63, 3.8) is 0 Å². The smallest absolute Gasteiger partial charge is 0.251 e. The Hall–Kier alpha value is -3.25. The molecule has 172 valence electrons. The van der Waals surface area contributed by atoms with Crippen molar-refractivity contribution in [2.75, 3.05) is 18.8 Å². The van der Waals surface area contributed by atoms with E-state index in [-0.39, 0.29) is 23.6 Å². The summed E-state index contributed by atoms with van der Waals surface area (Å²) in [6.07, 6.45) is 2.23. The van der Waals surface area contributed by atoms with E-state index in [1.54, 1.807) is 24.3 Å². The maximum atomic E-state index is 13.8. The first-order valence-corrected chi connectivity index (χ1v) is 11.3. The zero-order chi connectivity index (χ0) is 23.4. The third-order valence-electron chi connectivity index (χ3n) is 6.27. The van der Waals surface area contributed by atoms with Gasteiger partial charge in [-0.05, 0) is 84.0 Å². The lowest BCUT2D eigenvalue weighted by Crippen LogP contribution is -2.45. The molecule has 4 rings (SSSR count). The molecule has 1 aliphatic heterocycles. The third kappa shape index (κ3) is 5.76. The Morgan fingerprint density at radius 2 is 1.76 bits per heavy atom. The van der Waals surface area contributed by atoms with Gasteiger partial charge in [0.1, 0.15) is 11.6 Å². The molecule has 1 heterocycles. The minimum absolute atomic E-state index is 0.126. The van der Waals surface area contributed by atoms with E-state index in [0.29, 0.717) is 37.3 Å². The van der Waals surface area contributed by atoms with Crippen molar-refractivity contribution in [3.8, 4) is 0 Å². The number of amides is 1. The molecule has 6 heteroatoms. The van der Waals surface area contributed by atoms with Gasteiger partial charge in [-0.25, -0.2) is 8.78 Å². The van der Waals surface area contributed by atoms with Crippen molar-refractivity contribution in [1.82, 2.24) is 10.2 Å². The van der Waals surface area contributed by atoms with Crippen LogP contribution in [0.4, 0.5) is 14.5 Å². The maximum absolute atomic E-state index is 13.8. The molecule has 0 saturated heterocycles. The normalized spacial score (nSPS) is 15.8. The number of hydrogen-bond acceptors (Lipinski definition) is 3. The highest BCUT2D eigenvalue weighted by molar-refractivity contribution is 5.95. The molecule has 1 atom stereocenters. The van der Waals surface area contributed by atoms with Crippen molar-refractivity contribution in [3.05, 3.63) is 100 Å². The van der Waals surface area contributed by atoms with Crippen molar-refractivity contribution >= 4 is 11.6 Å². The fraction of sp³-hybridized carbons (Fsp3) is 0.296. The molecule has 3 aromatic rings. The van der Waals surface area contributed by atoms with E-state index < -0.39 is 0 Å². The van der Waals surface area contributed by atoms with E-state index in [1.807, 2.05) is 25.1 Å². The highest BCUT2D eigenvalue weighted by Crippen LogP contribution is 2.26. The minimum atomic E-state index is -0.262. The van der Waals surface area contributed by atoms with Gasteiger partial charge in [0, 0.05) is 36.9 Å². The summed E-state index contributed by atoms with van der Waals surface area (Å²) in [7, 11) is 0. The number of fused-ring (bicyclic) bond motifs is 1. The van der Waals surface area contributed by atoms with Crippen LogP contribution >= 0.6 is 0 Å². The molecular weight excluding hydrogens is 420 g/mol. The topological polar surface area (TPSA) is 58.4 Å². The van der Waals surface area contributed by atoms with Gasteiger partial charge in [-0.15, -0.1) is 0 Å². The molecule has 0 fully saturated rings. The monoisotopic (exact) mass is 449 g/mol. The lowest BCUT2D eigenvalue weighted by Gasteiger charge is -2.37. The van der Waals surface area contributed by atoms with Crippen LogP contribution in [0.1, 0.15) is 39.5 Å². The van der Waals surface area contributed by atoms with Gasteiger partial charge in [-0.3, -0.25) is 9.69 Å². The summed E-state index contributed by atoms with van der Waals surface area (Å²) in [5.74, 6) is -0.641. The standard InChI is InChI=1S/C27H29F2N3O/c1-2-18-11-22(15-25(30)12-18)27(33)31-9-10-32-17-20-5-8-24(29)14-21(20)16-26(32)13-19-3-6-23(28)7-4-19/h3-8,11-12,14-15,26H,2,9-10,13,16-17,30H2,1H3,(H,31,33). The lowest BCUT2D eigenvalue weighted by atomic mass is 9.90. The van der Waals surface area contributed by atoms with Crippen LogP contribution in [0.25, 0.3) is 0 Å². The van der Waals surface area contributed by atoms with Crippen LogP contribution in [-0.4, -0.2) is 29.9 Å². The van der Waals surface area contributed by atoms with E-state index >= 15 is 0 Å². The Balaban J connectivity index is 1.45. The van der Waals surface area contributed by atoms with Crippen molar-refractivity contribution < 1.29 is 13.6 Å². The highest BCUT2D eigenvalue weighted by Gasteiger charge is 2.26. The Bertz CT molecular complexity index is 1130. The fourth-order valence-corrected chi connectivity index (χ4v) is 4.49. The zero-order valence-electron chi connectivity index (χ0n) is 18.8. The van der Waals surface area contributed by atoms with Crippen LogP contribution in [0.3, 0.4) is 0 Å². The largest absolute Gasteiger partial charge is 0.399 e. The van der Waals surface area contributed by atoms with Gasteiger partial charge < -0.3 is 11.1 Å². The lowest BCUT2D eigenvalue weighted by molar-refractivity contribution is 0.0939. The second-order valence-electron chi connectivity index (χ2n) is 8.64. The van der Waals surface area contributed by atoms with Gasteiger partial charge in [-0.1, -0.05) is 25.1 Å². The van der Waals surface area contributed by atoms with Crippen LogP contribution in [-0.2, 0) is 25.8 Å². The zero-order valence-corrected chi connectivity index (χ0v) is 18.8. The first kappa shape index (κ1) is 22.9. The van der Waals surface area contributed by atoms with Crippen molar-refractivity contribution in [1.29, 1.82) is 0 Å². The number of nitrogens with zero attached hydrogens (tertiary/aromatic N) is 1. The number of nitrogens with two attached hydrogens (primary N) is 1. The second kappa shape index (κ2) is 10.1. The summed E-state index contributed by atoms with van der Waals surface area (Å²) in [6.45, 7) is 3.83. The summed E-state index contributed by atoms with van der Waals surface area (Å²) in [6, 6.07) is 17.0. The third-order valence-corrected chi connectivity index (χ3v) is 6.27. The highest BCUT2D eigenvalue weighted by atomic mass is 19.1. The Kier molecular flexibility index (Phi) is 7.04. The van der Waals surface area contributed by atoms with E-state index in [4.69, 9.17) is 5.73 Å². The molecular formula is C27H29F2N3O. The molecule has 0 spiro atoms. The first-order chi connectivity index (χ1) is 15.9. The number of nitrogen functional groups attached to an aromatic ring is 1. The molecule has 33 heavy (non-hydrogen) atoms. The van der Waals surface area contributed by atoms with Gasteiger partial charge in [0.05, 0.1) is 0 Å². The van der Waals surface area contributed by atoms with Crippen LogP contribution in [0.2, 0.25) is 0 Å². The molecule has 1 amide bonds. The van der Waals surface area contributed by atoms with E-state index in [0.717, 1.165) is 35.1 Å². The fourth-order valence-electron chi connectivity index (χ4n) is 4.49. The summed E-state index contributed by atoms with van der Waals surface area (Å²) in [4.78, 5) is 15.0. The number of nitrogens with one attached hydrogen (secondary N) is 1. The van der Waals surface area contributed by atoms with Crippen LogP contribution < -0.4 is 11.1 Å². The average molecular weight is 450 g/mol. The molecule has 3 N–H and O–H groups in total. The first-order valence-electron chi connectivity index (χ1n) is 11.3. The van der Waals surface area contributed by atoms with Crippen LogP contribution in [0, 0.1) is 11.6 Å². The molecule has 0 radical (unpaired) electrons. The number of rotatable bonds is 7. The van der Waals surface area contributed by atoms with Crippen molar-refractivity contribution in [2.24, 2.45) is 0 Å². The van der Waals surface area contributed by atoms with Crippen LogP contribution in [0.5, 0.6) is 0 Å². The molecule has 1 unspecified atom stereocenters. The second-order valence-corrected chi connectivity index (χ2v) is 8.64. The summed E-state index contributed by atoms with van der Waals surface area (Å²) < 4.78 is 27.2. The number of aryl methyl sites for hydroxylation is 1. The summed E-state index contributed by atoms with van der Waals surface area (Å²) in [5, 5.41) is 3.00. The number of halogens is 2. The van der Waals surface area contributed by atoms with E-state index in [1.165, 1.54) is 18.2 Å². The molecule has 0 aromatic heterocycles. The van der Waals surface area contributed by atoms with Crippen LogP contribution in [0.15, 0.2) is 60.7 Å². The number of anilines is 1. The van der Waals surface area contributed by atoms with Gasteiger partial charge in [0.2, 0.25) is 0 Å². The molecule has 1 aliphatic rings. The van der Waals surface area contributed by atoms with Gasteiger partial charge >= 0.3 is 0 Å². The van der Waals surface area contributed by atoms with E-state index in [2.05, 4.69) is 10.2 Å². The minimum Gasteiger partial charge on any atom is -0.399 e. The predicted octanol–water partition coefficient (Wildman–Crippen LogP) is 4.51. The number of carbonyl (C=O) groups excluding carboxylic acids is 1. The SMILES string of the molecule is CCc1cc(N)cc(C(=O)NCCN2Cc3ccc(F)cc3CC2Cc2ccc(F)cc2)c1. The molecule has 4 nitrogen and oxygen atoms in total. The number of carbonyl (C=O) groups is 1. The van der Waals surface area contributed by atoms with Gasteiger partial charge in [-0.2, -0.15) is 0 Å². The maximum Gasteiger partial charge on any atom is 0.251 e. The molecule has 0 bridgehead atoms. The Morgan fingerprint density at radius 1 is 1.00 bits per heavy atom. The van der Waals surface area contributed by atoms with E-state index in [9.17, 15) is 13.6 Å². The molecule has 3 aromatic carbocycles. The Labute approximate surface area is 193 Å². The number of hydrogen-bond donors (Lipinski definition) is 2. The average Bonchev–Trinajstić information content (AvgIpc) is 2.80. The molecule has 0 aliphatic carbocycles. The van der Waals surface area contributed by atoms with Crippen molar-refractivity contribution in [2.45, 2.75) is 38.8 Å². The quantitative estimate of drug-likeness (QED) is 0.522. The van der Waals surface area contributed by atoms with Gasteiger partial charge in [0.15, 0.2) is 0 Å². The summed E-state index contributed by atoms with van der Waals surface area (Å²) >= 11 is 0. The number of benzene rings is 3. The Morgan fingerprint density at radius 3 is 2.52 bits per heavy atom.